The molecule has 0 aromatic carbocycles. The number of hydrogen-bond donors (Lipinski definition) is 1. The first kappa shape index (κ1) is 12.7. The maximum Gasteiger partial charge on any atom is 0.164 e. The molecular weight excluding hydrogens is 230 g/mol. The number of nitrogens with one attached hydrogen (secondary N) is 1. The normalized spacial score (nSPS) is 11.3. The van der Waals surface area contributed by atoms with E-state index in [4.69, 9.17) is 0 Å². The molecule has 0 aliphatic rings. The van der Waals surface area contributed by atoms with Crippen LogP contribution in [0.2, 0.25) is 0 Å². The molecule has 0 bridgehead atoms. The van der Waals surface area contributed by atoms with Crippen LogP contribution in [0.3, 0.4) is 0 Å². The Morgan fingerprint density at radius 3 is 2.89 bits per heavy atom. The fourth-order valence-electron chi connectivity index (χ4n) is 1.60. The fraction of sp³-hybridized carbons (Fsp3) is 0.636. The third-order valence-corrected chi connectivity index (χ3v) is 2.39. The fourth-order valence-corrected chi connectivity index (χ4v) is 1.60. The standard InChI is InChI=1S/C11H19N7/c1-9(2)4-12-5-11-13-8-18(15-11)7-10-6-17(3)16-14-10/h6,8-9,12H,4-5,7H2,1-3H3. The van der Waals surface area contributed by atoms with E-state index < -0.39 is 0 Å². The van der Waals surface area contributed by atoms with Crippen molar-refractivity contribution in [3.63, 3.8) is 0 Å². The van der Waals surface area contributed by atoms with Crippen molar-refractivity contribution in [2.45, 2.75) is 26.9 Å². The van der Waals surface area contributed by atoms with Crippen molar-refractivity contribution >= 4 is 0 Å². The Hall–Kier alpha value is -1.76. The number of hydrogen-bond acceptors (Lipinski definition) is 5. The average molecular weight is 249 g/mol. The van der Waals surface area contributed by atoms with Crippen LogP contribution in [-0.2, 0) is 20.1 Å². The van der Waals surface area contributed by atoms with Crippen LogP contribution in [0.4, 0.5) is 0 Å². The van der Waals surface area contributed by atoms with Crippen LogP contribution in [0.1, 0.15) is 25.4 Å². The van der Waals surface area contributed by atoms with Crippen LogP contribution in [0, 0.1) is 5.92 Å². The molecule has 0 spiro atoms. The predicted molar refractivity (Wildman–Crippen MR) is 66.7 cm³/mol. The molecular formula is C11H19N7. The summed E-state index contributed by atoms with van der Waals surface area (Å²) >= 11 is 0. The zero-order chi connectivity index (χ0) is 13.0. The van der Waals surface area contributed by atoms with Gasteiger partial charge >= 0.3 is 0 Å². The Balaban J connectivity index is 1.86. The van der Waals surface area contributed by atoms with Crippen LogP contribution in [0.15, 0.2) is 12.5 Å². The highest BCUT2D eigenvalue weighted by atomic mass is 15.4. The van der Waals surface area contributed by atoms with Crippen LogP contribution in [0.25, 0.3) is 0 Å². The minimum absolute atomic E-state index is 0.602. The van der Waals surface area contributed by atoms with E-state index in [0.717, 1.165) is 18.1 Å². The van der Waals surface area contributed by atoms with Gasteiger partial charge in [-0.15, -0.1) is 5.10 Å². The van der Waals surface area contributed by atoms with E-state index in [2.05, 4.69) is 39.6 Å². The van der Waals surface area contributed by atoms with Gasteiger partial charge in [-0.3, -0.25) is 4.68 Å². The molecule has 2 aromatic rings. The van der Waals surface area contributed by atoms with Crippen molar-refractivity contribution in [3.05, 3.63) is 24.0 Å². The first-order valence-electron chi connectivity index (χ1n) is 6.07. The number of aromatic nitrogens is 6. The molecule has 0 aliphatic heterocycles. The summed E-state index contributed by atoms with van der Waals surface area (Å²) in [6, 6.07) is 0. The van der Waals surface area contributed by atoms with E-state index in [1.165, 1.54) is 0 Å². The largest absolute Gasteiger partial charge is 0.310 e. The van der Waals surface area contributed by atoms with Gasteiger partial charge in [-0.1, -0.05) is 19.1 Å². The average Bonchev–Trinajstić information content (AvgIpc) is 2.89. The Bertz CT molecular complexity index is 485. The minimum Gasteiger partial charge on any atom is -0.310 e. The van der Waals surface area contributed by atoms with Gasteiger partial charge in [0.15, 0.2) is 5.82 Å². The zero-order valence-corrected chi connectivity index (χ0v) is 11.0. The smallest absolute Gasteiger partial charge is 0.164 e. The molecule has 7 heteroatoms. The highest BCUT2D eigenvalue weighted by Crippen LogP contribution is 1.97. The number of aryl methyl sites for hydroxylation is 1. The van der Waals surface area contributed by atoms with Gasteiger partial charge in [-0.05, 0) is 12.5 Å². The third-order valence-electron chi connectivity index (χ3n) is 2.39. The first-order chi connectivity index (χ1) is 8.63. The van der Waals surface area contributed by atoms with E-state index >= 15 is 0 Å². The van der Waals surface area contributed by atoms with Gasteiger partial charge in [-0.2, -0.15) is 5.10 Å². The molecule has 0 radical (unpaired) electrons. The maximum atomic E-state index is 4.38. The molecule has 18 heavy (non-hydrogen) atoms. The van der Waals surface area contributed by atoms with Gasteiger partial charge in [0.25, 0.3) is 0 Å². The lowest BCUT2D eigenvalue weighted by Gasteiger charge is -2.04. The second kappa shape index (κ2) is 5.72. The molecule has 2 heterocycles. The molecule has 0 saturated carbocycles. The molecule has 1 N–H and O–H groups in total. The molecule has 0 aliphatic carbocycles. The van der Waals surface area contributed by atoms with Crippen molar-refractivity contribution in [2.24, 2.45) is 13.0 Å². The second-order valence-corrected chi connectivity index (χ2v) is 4.77. The SMILES string of the molecule is CC(C)CNCc1ncn(Cc2cn(C)nn2)n1. The summed E-state index contributed by atoms with van der Waals surface area (Å²) in [6.07, 6.45) is 3.60. The topological polar surface area (TPSA) is 73.5 Å². The van der Waals surface area contributed by atoms with Crippen LogP contribution < -0.4 is 5.32 Å². The van der Waals surface area contributed by atoms with Crippen molar-refractivity contribution in [1.29, 1.82) is 0 Å². The van der Waals surface area contributed by atoms with Gasteiger partial charge in [0.2, 0.25) is 0 Å². The third kappa shape index (κ3) is 3.63. The quantitative estimate of drug-likeness (QED) is 0.791. The lowest BCUT2D eigenvalue weighted by molar-refractivity contribution is 0.539. The minimum atomic E-state index is 0.602. The highest BCUT2D eigenvalue weighted by molar-refractivity contribution is 4.93. The Morgan fingerprint density at radius 2 is 2.22 bits per heavy atom. The summed E-state index contributed by atoms with van der Waals surface area (Å²) < 4.78 is 3.45. The van der Waals surface area contributed by atoms with Crippen molar-refractivity contribution in [3.8, 4) is 0 Å². The van der Waals surface area contributed by atoms with Crippen LogP contribution in [0.5, 0.6) is 0 Å². The zero-order valence-electron chi connectivity index (χ0n) is 11.0. The van der Waals surface area contributed by atoms with Gasteiger partial charge < -0.3 is 5.32 Å². The summed E-state index contributed by atoms with van der Waals surface area (Å²) in [5.74, 6) is 1.44. The van der Waals surface area contributed by atoms with Crippen molar-refractivity contribution in [1.82, 2.24) is 35.1 Å². The summed E-state index contributed by atoms with van der Waals surface area (Å²) in [7, 11) is 1.85. The molecule has 7 nitrogen and oxygen atoms in total. The van der Waals surface area contributed by atoms with Gasteiger partial charge in [0.05, 0.1) is 13.1 Å². The second-order valence-electron chi connectivity index (χ2n) is 4.77. The highest BCUT2D eigenvalue weighted by Gasteiger charge is 2.04. The summed E-state index contributed by atoms with van der Waals surface area (Å²) in [5, 5.41) is 15.6. The summed E-state index contributed by atoms with van der Waals surface area (Å²) in [4.78, 5) is 4.25. The van der Waals surface area contributed by atoms with E-state index in [-0.39, 0.29) is 0 Å². The summed E-state index contributed by atoms with van der Waals surface area (Å²) in [6.45, 7) is 6.62. The molecule has 2 rings (SSSR count). The van der Waals surface area contributed by atoms with Crippen LogP contribution >= 0.6 is 0 Å². The monoisotopic (exact) mass is 249 g/mol. The van der Waals surface area contributed by atoms with E-state index in [1.807, 2.05) is 13.2 Å². The van der Waals surface area contributed by atoms with E-state index in [0.29, 0.717) is 19.0 Å². The Morgan fingerprint density at radius 1 is 1.39 bits per heavy atom. The Kier molecular flexibility index (Phi) is 4.03. The van der Waals surface area contributed by atoms with Gasteiger partial charge in [0.1, 0.15) is 12.0 Å². The molecule has 0 atom stereocenters. The van der Waals surface area contributed by atoms with Crippen molar-refractivity contribution < 1.29 is 0 Å². The molecule has 2 aromatic heterocycles. The molecule has 0 fully saturated rings. The summed E-state index contributed by atoms with van der Waals surface area (Å²) in [5.41, 5.74) is 0.879. The van der Waals surface area contributed by atoms with Crippen LogP contribution in [-0.4, -0.2) is 36.3 Å². The number of nitrogens with zero attached hydrogens (tertiary/aromatic N) is 6. The maximum absolute atomic E-state index is 4.38. The van der Waals surface area contributed by atoms with Gasteiger partial charge in [-0.25, -0.2) is 9.67 Å². The lowest BCUT2D eigenvalue weighted by atomic mass is 10.2. The molecule has 0 saturated heterocycles. The lowest BCUT2D eigenvalue weighted by Crippen LogP contribution is -2.19. The van der Waals surface area contributed by atoms with Crippen molar-refractivity contribution in [2.75, 3.05) is 6.54 Å². The predicted octanol–water partition coefficient (Wildman–Crippen LogP) is 0.200. The molecule has 0 amide bonds. The van der Waals surface area contributed by atoms with E-state index in [9.17, 15) is 0 Å². The first-order valence-corrected chi connectivity index (χ1v) is 6.07. The number of rotatable bonds is 6. The Labute approximate surface area is 106 Å². The molecule has 98 valence electrons. The molecule has 0 unspecified atom stereocenters. The van der Waals surface area contributed by atoms with E-state index in [1.54, 1.807) is 15.7 Å². The van der Waals surface area contributed by atoms with Gasteiger partial charge in [0, 0.05) is 13.2 Å².